The average molecular weight is 123 g/mol. The molecule has 0 heterocycles. The van der Waals surface area contributed by atoms with Crippen LogP contribution in [0.1, 0.15) is 6.42 Å². The van der Waals surface area contributed by atoms with E-state index in [1.54, 1.807) is 0 Å². The van der Waals surface area contributed by atoms with E-state index >= 15 is 0 Å². The zero-order valence-corrected chi connectivity index (χ0v) is 4.68. The zero-order valence-electron chi connectivity index (χ0n) is 4.68. The molecule has 1 N–H and O–H groups in total. The van der Waals surface area contributed by atoms with Gasteiger partial charge in [-0.15, -0.1) is 0 Å². The highest BCUT2D eigenvalue weighted by Crippen LogP contribution is 1.97. The van der Waals surface area contributed by atoms with Crippen LogP contribution in [0.3, 0.4) is 0 Å². The Labute approximate surface area is 51.9 Å². The first kappa shape index (κ1) is 5.88. The van der Waals surface area contributed by atoms with Crippen molar-refractivity contribution in [3.8, 4) is 0 Å². The van der Waals surface area contributed by atoms with Crippen molar-refractivity contribution in [1.29, 1.82) is 5.41 Å². The van der Waals surface area contributed by atoms with Gasteiger partial charge in [0.25, 0.3) is 0 Å². The molecule has 0 saturated heterocycles. The molecule has 0 spiro atoms. The summed E-state index contributed by atoms with van der Waals surface area (Å²) in [5.74, 6) is -1.25. The standard InChI is InChI=1S/C6H5NO2/c7-4-2-1-3-5(8)6(4)9/h1,3,7H,2H2. The minimum absolute atomic E-state index is 0.109. The van der Waals surface area contributed by atoms with Crippen LogP contribution in [0.25, 0.3) is 0 Å². The first-order valence-electron chi connectivity index (χ1n) is 2.54. The van der Waals surface area contributed by atoms with Gasteiger partial charge in [0.2, 0.25) is 11.6 Å². The number of hydrogen-bond acceptors (Lipinski definition) is 3. The van der Waals surface area contributed by atoms with E-state index in [0.29, 0.717) is 6.42 Å². The molecule has 0 atom stereocenters. The molecule has 0 aliphatic heterocycles. The van der Waals surface area contributed by atoms with Crippen LogP contribution >= 0.6 is 0 Å². The Bertz CT molecular complexity index is 215. The third kappa shape index (κ3) is 0.937. The van der Waals surface area contributed by atoms with Crippen LogP contribution in [0.5, 0.6) is 0 Å². The fraction of sp³-hybridized carbons (Fsp3) is 0.167. The van der Waals surface area contributed by atoms with Crippen LogP contribution in [0.15, 0.2) is 12.2 Å². The van der Waals surface area contributed by atoms with Gasteiger partial charge >= 0.3 is 0 Å². The van der Waals surface area contributed by atoms with Crippen molar-refractivity contribution in [3.63, 3.8) is 0 Å². The molecule has 1 rings (SSSR count). The summed E-state index contributed by atoms with van der Waals surface area (Å²) in [5.41, 5.74) is -0.109. The maximum atomic E-state index is 10.5. The van der Waals surface area contributed by atoms with Gasteiger partial charge < -0.3 is 5.41 Å². The lowest BCUT2D eigenvalue weighted by molar-refractivity contribution is -0.130. The maximum Gasteiger partial charge on any atom is 0.246 e. The SMILES string of the molecule is N=C1CC=CC(=O)C1=O. The fourth-order valence-electron chi connectivity index (χ4n) is 0.601. The van der Waals surface area contributed by atoms with E-state index in [4.69, 9.17) is 5.41 Å². The number of allylic oxidation sites excluding steroid dienone is 2. The van der Waals surface area contributed by atoms with Crippen molar-refractivity contribution in [2.24, 2.45) is 0 Å². The van der Waals surface area contributed by atoms with Gasteiger partial charge in [-0.25, -0.2) is 0 Å². The quantitative estimate of drug-likeness (QED) is 0.464. The number of carbonyl (C=O) groups excluding carboxylic acids is 2. The van der Waals surface area contributed by atoms with Gasteiger partial charge in [-0.2, -0.15) is 0 Å². The van der Waals surface area contributed by atoms with Crippen LogP contribution in [-0.2, 0) is 9.59 Å². The zero-order chi connectivity index (χ0) is 6.85. The van der Waals surface area contributed by atoms with E-state index < -0.39 is 11.6 Å². The second-order valence-electron chi connectivity index (χ2n) is 1.78. The van der Waals surface area contributed by atoms with E-state index in [0.717, 1.165) is 0 Å². The number of Topliss-reactive ketones (excluding diaryl/α,β-unsaturated/α-hetero) is 1. The number of carbonyl (C=O) groups is 2. The highest BCUT2D eigenvalue weighted by molar-refractivity contribution is 6.67. The molecule has 0 aromatic carbocycles. The van der Waals surface area contributed by atoms with Gasteiger partial charge in [0.15, 0.2) is 0 Å². The topological polar surface area (TPSA) is 58.0 Å². The van der Waals surface area contributed by atoms with E-state index in [2.05, 4.69) is 0 Å². The molecule has 0 aromatic rings. The van der Waals surface area contributed by atoms with Gasteiger partial charge in [0, 0.05) is 6.42 Å². The minimum Gasteiger partial charge on any atom is -0.301 e. The number of nitrogens with one attached hydrogen (secondary N) is 1. The van der Waals surface area contributed by atoms with Crippen molar-refractivity contribution < 1.29 is 9.59 Å². The van der Waals surface area contributed by atoms with Crippen molar-refractivity contribution in [1.82, 2.24) is 0 Å². The summed E-state index contributed by atoms with van der Waals surface area (Å²) in [5, 5.41) is 6.90. The lowest BCUT2D eigenvalue weighted by atomic mass is 10.0. The summed E-state index contributed by atoms with van der Waals surface area (Å²) in [6.07, 6.45) is 3.02. The Morgan fingerprint density at radius 1 is 1.44 bits per heavy atom. The van der Waals surface area contributed by atoms with E-state index in [9.17, 15) is 9.59 Å². The molecular formula is C6H5NO2. The summed E-state index contributed by atoms with van der Waals surface area (Å²) in [7, 11) is 0. The summed E-state index contributed by atoms with van der Waals surface area (Å²) >= 11 is 0. The highest BCUT2D eigenvalue weighted by atomic mass is 16.2. The lowest BCUT2D eigenvalue weighted by Crippen LogP contribution is -2.23. The molecule has 0 aromatic heterocycles. The first-order chi connectivity index (χ1) is 4.22. The predicted octanol–water partition coefficient (Wildman–Crippen LogP) is 0.104. The van der Waals surface area contributed by atoms with Crippen molar-refractivity contribution in [2.45, 2.75) is 6.42 Å². The normalized spacial score (nSPS) is 18.9. The first-order valence-corrected chi connectivity index (χ1v) is 2.54. The van der Waals surface area contributed by atoms with Crippen LogP contribution in [0.2, 0.25) is 0 Å². The molecule has 0 fully saturated rings. The molecular weight excluding hydrogens is 118 g/mol. The van der Waals surface area contributed by atoms with Gasteiger partial charge in [0.1, 0.15) is 0 Å². The summed E-state index contributed by atoms with van der Waals surface area (Å²) in [6, 6.07) is 0. The molecule has 9 heavy (non-hydrogen) atoms. The molecule has 0 radical (unpaired) electrons. The summed E-state index contributed by atoms with van der Waals surface area (Å²) < 4.78 is 0. The molecule has 1 aliphatic carbocycles. The highest BCUT2D eigenvalue weighted by Gasteiger charge is 2.18. The van der Waals surface area contributed by atoms with Gasteiger partial charge in [-0.1, -0.05) is 6.08 Å². The Kier molecular flexibility index (Phi) is 1.26. The molecule has 3 heteroatoms. The van der Waals surface area contributed by atoms with Gasteiger partial charge in [-0.05, 0) is 6.08 Å². The van der Waals surface area contributed by atoms with Crippen LogP contribution in [0.4, 0.5) is 0 Å². The molecule has 46 valence electrons. The Balaban J connectivity index is 2.94. The average Bonchev–Trinajstić information content (AvgIpc) is 1.83. The number of rotatable bonds is 0. The second kappa shape index (κ2) is 1.93. The van der Waals surface area contributed by atoms with Crippen LogP contribution < -0.4 is 0 Å². The van der Waals surface area contributed by atoms with Crippen molar-refractivity contribution in [3.05, 3.63) is 12.2 Å². The molecule has 0 saturated carbocycles. The van der Waals surface area contributed by atoms with Gasteiger partial charge in [-0.3, -0.25) is 9.59 Å². The minimum atomic E-state index is -0.669. The lowest BCUT2D eigenvalue weighted by Gasteiger charge is -1.99. The van der Waals surface area contributed by atoms with Gasteiger partial charge in [0.05, 0.1) is 5.71 Å². The van der Waals surface area contributed by atoms with E-state index in [1.165, 1.54) is 12.2 Å². The molecule has 3 nitrogen and oxygen atoms in total. The van der Waals surface area contributed by atoms with E-state index in [1.807, 2.05) is 0 Å². The van der Waals surface area contributed by atoms with Crippen LogP contribution in [0, 0.1) is 5.41 Å². The number of hydrogen-bond donors (Lipinski definition) is 1. The summed E-state index contributed by atoms with van der Waals surface area (Å²) in [6.45, 7) is 0. The molecule has 1 aliphatic rings. The number of ketones is 2. The third-order valence-electron chi connectivity index (χ3n) is 1.09. The Morgan fingerprint density at radius 3 is 2.56 bits per heavy atom. The summed E-state index contributed by atoms with van der Waals surface area (Å²) in [4.78, 5) is 20.9. The third-order valence-corrected chi connectivity index (χ3v) is 1.09. The predicted molar refractivity (Wildman–Crippen MR) is 31.5 cm³/mol. The van der Waals surface area contributed by atoms with Crippen LogP contribution in [-0.4, -0.2) is 17.3 Å². The molecule has 0 bridgehead atoms. The monoisotopic (exact) mass is 123 g/mol. The Morgan fingerprint density at radius 2 is 2.11 bits per heavy atom. The largest absolute Gasteiger partial charge is 0.301 e. The maximum absolute atomic E-state index is 10.5. The fourth-order valence-corrected chi connectivity index (χ4v) is 0.601. The van der Waals surface area contributed by atoms with Crippen molar-refractivity contribution >= 4 is 17.3 Å². The second-order valence-corrected chi connectivity index (χ2v) is 1.78. The molecule has 0 amide bonds. The smallest absolute Gasteiger partial charge is 0.246 e. The van der Waals surface area contributed by atoms with E-state index in [-0.39, 0.29) is 5.71 Å². The van der Waals surface area contributed by atoms with Crippen molar-refractivity contribution in [2.75, 3.05) is 0 Å². The Hall–Kier alpha value is -1.25. The molecule has 0 unspecified atom stereocenters.